The molecule has 0 atom stereocenters. The van der Waals surface area contributed by atoms with Crippen LogP contribution in [-0.4, -0.2) is 4.57 Å². The summed E-state index contributed by atoms with van der Waals surface area (Å²) in [7, 11) is 2.16. The largest absolute Gasteiger partial charge is 0.344 e. The van der Waals surface area contributed by atoms with E-state index in [4.69, 9.17) is 0 Å². The second kappa shape index (κ2) is 4.11. The van der Waals surface area contributed by atoms with Crippen molar-refractivity contribution in [3.8, 4) is 0 Å². The fourth-order valence-corrected chi connectivity index (χ4v) is 3.66. The molecule has 1 aromatic heterocycles. The first-order valence-corrected chi connectivity index (χ1v) is 7.61. The Morgan fingerprint density at radius 3 is 2.09 bits per heavy atom. The highest BCUT2D eigenvalue weighted by Gasteiger charge is 2.11. The van der Waals surface area contributed by atoms with Gasteiger partial charge in [-0.05, 0) is 39.7 Å². The van der Waals surface area contributed by atoms with Crippen molar-refractivity contribution in [1.82, 2.24) is 4.57 Å². The van der Waals surface area contributed by atoms with Gasteiger partial charge in [-0.25, -0.2) is 0 Å². The zero-order valence-corrected chi connectivity index (χ0v) is 12.4. The van der Waals surface area contributed by atoms with Crippen LogP contribution in [-0.2, 0) is 7.05 Å². The average Bonchev–Trinajstić information content (AvgIpc) is 2.85. The van der Waals surface area contributed by atoms with E-state index in [1.54, 1.807) is 0 Å². The van der Waals surface area contributed by atoms with Gasteiger partial charge in [0.1, 0.15) is 0 Å². The van der Waals surface area contributed by atoms with Crippen molar-refractivity contribution < 1.29 is 0 Å². The third-order valence-corrected chi connectivity index (χ3v) is 4.76. The van der Waals surface area contributed by atoms with Crippen molar-refractivity contribution in [3.05, 3.63) is 72.8 Å². The first-order chi connectivity index (χ1) is 10.8. The normalized spacial score (nSPS) is 11.9. The first kappa shape index (κ1) is 11.8. The summed E-state index contributed by atoms with van der Waals surface area (Å²) < 4.78 is 2.31. The molecular formula is C21H15N. The maximum absolute atomic E-state index is 2.33. The van der Waals surface area contributed by atoms with E-state index in [9.17, 15) is 0 Å². The third-order valence-electron chi connectivity index (χ3n) is 4.76. The van der Waals surface area contributed by atoms with E-state index in [2.05, 4.69) is 84.4 Å². The van der Waals surface area contributed by atoms with Crippen LogP contribution in [0.5, 0.6) is 0 Å². The van der Waals surface area contributed by atoms with Crippen molar-refractivity contribution in [2.24, 2.45) is 7.05 Å². The highest BCUT2D eigenvalue weighted by atomic mass is 14.9. The molecule has 0 saturated carbocycles. The Bertz CT molecular complexity index is 1180. The second-order valence-electron chi connectivity index (χ2n) is 5.96. The summed E-state index contributed by atoms with van der Waals surface area (Å²) in [5.41, 5.74) is 2.59. The van der Waals surface area contributed by atoms with Gasteiger partial charge in [0.05, 0.1) is 0 Å². The molecule has 0 radical (unpaired) electrons. The van der Waals surface area contributed by atoms with Gasteiger partial charge in [-0.3, -0.25) is 0 Å². The standard InChI is InChI=1S/C21H15N/c1-22-19-11-10-14-6-4-5-9-17(14)21(19)18-12-15-7-2-3-8-16(15)13-20(18)22/h2-13H,1H3. The van der Waals surface area contributed by atoms with E-state index in [-0.39, 0.29) is 0 Å². The third kappa shape index (κ3) is 1.43. The van der Waals surface area contributed by atoms with Crippen LogP contribution in [0.2, 0.25) is 0 Å². The molecule has 1 heterocycles. The van der Waals surface area contributed by atoms with Crippen LogP contribution in [0.3, 0.4) is 0 Å². The molecule has 104 valence electrons. The zero-order chi connectivity index (χ0) is 14.7. The number of fused-ring (bicyclic) bond motifs is 6. The summed E-state index contributed by atoms with van der Waals surface area (Å²) in [5, 5.41) is 7.94. The number of aromatic nitrogens is 1. The molecule has 0 spiro atoms. The molecule has 1 nitrogen and oxygen atoms in total. The van der Waals surface area contributed by atoms with Crippen LogP contribution in [0, 0.1) is 0 Å². The van der Waals surface area contributed by atoms with E-state index in [1.807, 2.05) is 0 Å². The maximum atomic E-state index is 2.33. The second-order valence-corrected chi connectivity index (χ2v) is 5.96. The number of benzene rings is 4. The van der Waals surface area contributed by atoms with Gasteiger partial charge in [-0.2, -0.15) is 0 Å². The predicted molar refractivity (Wildman–Crippen MR) is 95.4 cm³/mol. The summed E-state index contributed by atoms with van der Waals surface area (Å²) in [6, 6.07) is 26.3. The van der Waals surface area contributed by atoms with Crippen LogP contribution < -0.4 is 0 Å². The molecule has 0 aliphatic carbocycles. The Balaban J connectivity index is 2.12. The minimum absolute atomic E-state index is 1.30. The summed E-state index contributed by atoms with van der Waals surface area (Å²) in [4.78, 5) is 0. The van der Waals surface area contributed by atoms with Gasteiger partial charge in [-0.1, -0.05) is 54.6 Å². The summed E-state index contributed by atoms with van der Waals surface area (Å²) in [6.07, 6.45) is 0. The van der Waals surface area contributed by atoms with Gasteiger partial charge in [0.15, 0.2) is 0 Å². The molecule has 0 bridgehead atoms. The molecule has 22 heavy (non-hydrogen) atoms. The Labute approximate surface area is 128 Å². The lowest BCUT2D eigenvalue weighted by Gasteiger charge is -2.01. The van der Waals surface area contributed by atoms with Crippen LogP contribution in [0.15, 0.2) is 72.8 Å². The van der Waals surface area contributed by atoms with Crippen LogP contribution >= 0.6 is 0 Å². The van der Waals surface area contributed by atoms with Gasteiger partial charge < -0.3 is 4.57 Å². The molecule has 1 heteroatoms. The smallest absolute Gasteiger partial charge is 0.0495 e. The van der Waals surface area contributed by atoms with Gasteiger partial charge in [0, 0.05) is 28.9 Å². The van der Waals surface area contributed by atoms with Crippen molar-refractivity contribution in [1.29, 1.82) is 0 Å². The molecule has 0 fully saturated rings. The molecule has 5 rings (SSSR count). The van der Waals surface area contributed by atoms with Crippen molar-refractivity contribution in [3.63, 3.8) is 0 Å². The van der Waals surface area contributed by atoms with Gasteiger partial charge >= 0.3 is 0 Å². The van der Waals surface area contributed by atoms with Crippen molar-refractivity contribution in [2.75, 3.05) is 0 Å². The van der Waals surface area contributed by atoms with Gasteiger partial charge in [0.2, 0.25) is 0 Å². The molecule has 0 unspecified atom stereocenters. The molecule has 0 aliphatic rings. The number of rotatable bonds is 0. The summed E-state index contributed by atoms with van der Waals surface area (Å²) in [6.45, 7) is 0. The maximum Gasteiger partial charge on any atom is 0.0495 e. The summed E-state index contributed by atoms with van der Waals surface area (Å²) in [5.74, 6) is 0. The Morgan fingerprint density at radius 2 is 1.27 bits per heavy atom. The lowest BCUT2D eigenvalue weighted by molar-refractivity contribution is 1.02. The minimum Gasteiger partial charge on any atom is -0.344 e. The number of hydrogen-bond acceptors (Lipinski definition) is 0. The van der Waals surface area contributed by atoms with Gasteiger partial charge in [-0.15, -0.1) is 0 Å². The first-order valence-electron chi connectivity index (χ1n) is 7.61. The Hall–Kier alpha value is -2.80. The molecular weight excluding hydrogens is 266 g/mol. The van der Waals surface area contributed by atoms with Crippen LogP contribution in [0.25, 0.3) is 43.4 Å². The van der Waals surface area contributed by atoms with E-state index in [0.29, 0.717) is 0 Å². The van der Waals surface area contributed by atoms with E-state index < -0.39 is 0 Å². The molecule has 4 aromatic carbocycles. The Morgan fingerprint density at radius 1 is 0.591 bits per heavy atom. The Kier molecular flexibility index (Phi) is 2.21. The molecule has 0 amide bonds. The van der Waals surface area contributed by atoms with E-state index >= 15 is 0 Å². The minimum atomic E-state index is 1.30. The topological polar surface area (TPSA) is 4.93 Å². The van der Waals surface area contributed by atoms with Crippen LogP contribution in [0.4, 0.5) is 0 Å². The fourth-order valence-electron chi connectivity index (χ4n) is 3.66. The van der Waals surface area contributed by atoms with Crippen molar-refractivity contribution in [2.45, 2.75) is 0 Å². The molecule has 0 aliphatic heterocycles. The van der Waals surface area contributed by atoms with E-state index in [1.165, 1.54) is 43.4 Å². The van der Waals surface area contributed by atoms with Crippen LogP contribution in [0.1, 0.15) is 0 Å². The highest BCUT2D eigenvalue weighted by Crippen LogP contribution is 2.36. The highest BCUT2D eigenvalue weighted by molar-refractivity contribution is 6.22. The van der Waals surface area contributed by atoms with Gasteiger partial charge in [0.25, 0.3) is 0 Å². The lowest BCUT2D eigenvalue weighted by Crippen LogP contribution is -1.86. The number of nitrogens with zero attached hydrogens (tertiary/aromatic N) is 1. The lowest BCUT2D eigenvalue weighted by atomic mass is 10.0. The summed E-state index contributed by atoms with van der Waals surface area (Å²) >= 11 is 0. The number of hydrogen-bond donors (Lipinski definition) is 0. The van der Waals surface area contributed by atoms with Crippen molar-refractivity contribution >= 4 is 43.4 Å². The average molecular weight is 281 g/mol. The molecule has 0 saturated heterocycles. The number of aryl methyl sites for hydroxylation is 1. The van der Waals surface area contributed by atoms with E-state index in [0.717, 1.165) is 0 Å². The predicted octanol–water partition coefficient (Wildman–Crippen LogP) is 5.64. The fraction of sp³-hybridized carbons (Fsp3) is 0.0476. The zero-order valence-electron chi connectivity index (χ0n) is 12.4. The quantitative estimate of drug-likeness (QED) is 0.346. The SMILES string of the molecule is Cn1c2cc3ccccc3cc2c2c3ccccc3ccc21. The molecule has 5 aromatic rings. The monoisotopic (exact) mass is 281 g/mol. The molecule has 0 N–H and O–H groups in total.